The van der Waals surface area contributed by atoms with E-state index in [0.717, 1.165) is 13.0 Å². The molecule has 0 saturated heterocycles. The number of rotatable bonds is 2. The van der Waals surface area contributed by atoms with Gasteiger partial charge in [0.2, 0.25) is 0 Å². The van der Waals surface area contributed by atoms with Crippen LogP contribution in [0.1, 0.15) is 11.1 Å². The summed E-state index contributed by atoms with van der Waals surface area (Å²) in [4.78, 5) is 0. The van der Waals surface area contributed by atoms with Crippen molar-refractivity contribution in [2.75, 3.05) is 5.73 Å². The lowest BCUT2D eigenvalue weighted by atomic mass is 10.1. The van der Waals surface area contributed by atoms with Crippen LogP contribution in [0.15, 0.2) is 12.1 Å². The summed E-state index contributed by atoms with van der Waals surface area (Å²) >= 11 is 0. The number of benzene rings is 1. The highest BCUT2D eigenvalue weighted by molar-refractivity contribution is 7.81. The molecule has 0 saturated carbocycles. The number of nitrogen functional groups attached to an aromatic ring is 1. The summed E-state index contributed by atoms with van der Waals surface area (Å²) in [5.74, 6) is -0.773. The predicted octanol–water partition coefficient (Wildman–Crippen LogP) is 1.78. The average Bonchev–Trinajstić information content (AvgIpc) is 2.05. The number of aryl methyl sites for hydroxylation is 1. The molecule has 0 aliphatic rings. The molecule has 17 heavy (non-hydrogen) atoms. The first-order valence-electron chi connectivity index (χ1n) is 4.15. The van der Waals surface area contributed by atoms with Crippen molar-refractivity contribution in [3.63, 3.8) is 0 Å². The van der Waals surface area contributed by atoms with Crippen LogP contribution in [0.3, 0.4) is 0 Å². The highest BCUT2D eigenvalue weighted by Gasteiger charge is 2.33. The van der Waals surface area contributed by atoms with Crippen LogP contribution in [-0.4, -0.2) is 13.0 Å². The molecule has 0 bridgehead atoms. The van der Waals surface area contributed by atoms with Crippen molar-refractivity contribution < 1.29 is 30.3 Å². The molecule has 1 aromatic rings. The van der Waals surface area contributed by atoms with Crippen LogP contribution in [0.5, 0.6) is 5.75 Å². The Labute approximate surface area is 94.9 Å². The Kier molecular flexibility index (Phi) is 3.26. The van der Waals surface area contributed by atoms with Gasteiger partial charge in [0.05, 0.1) is 11.3 Å². The SMILES string of the molecule is Cc1cc(N)c(OS(=O)(=O)O)cc1C(F)(F)F. The Balaban J connectivity index is 3.34. The zero-order chi connectivity index (χ0) is 13.4. The molecular formula is C8H8F3NO4S. The van der Waals surface area contributed by atoms with Gasteiger partial charge in [-0.15, -0.1) is 0 Å². The molecule has 0 fully saturated rings. The van der Waals surface area contributed by atoms with Gasteiger partial charge in [0.1, 0.15) is 0 Å². The molecule has 3 N–H and O–H groups in total. The Hall–Kier alpha value is -1.48. The summed E-state index contributed by atoms with van der Waals surface area (Å²) in [5, 5.41) is 0. The van der Waals surface area contributed by atoms with E-state index in [9.17, 15) is 21.6 Å². The van der Waals surface area contributed by atoms with Crippen LogP contribution in [0.4, 0.5) is 18.9 Å². The maximum Gasteiger partial charge on any atom is 0.446 e. The zero-order valence-corrected chi connectivity index (χ0v) is 9.26. The van der Waals surface area contributed by atoms with Crippen molar-refractivity contribution >= 4 is 16.1 Å². The first kappa shape index (κ1) is 13.6. The third-order valence-corrected chi connectivity index (χ3v) is 2.25. The standard InChI is InChI=1S/C8H8F3NO4S/c1-4-2-6(12)7(16-17(13,14)15)3-5(4)8(9,10)11/h2-3H,12H2,1H3,(H,13,14,15). The van der Waals surface area contributed by atoms with Crippen molar-refractivity contribution in [2.24, 2.45) is 0 Å². The third kappa shape index (κ3) is 3.49. The van der Waals surface area contributed by atoms with Gasteiger partial charge in [0.15, 0.2) is 5.75 Å². The molecule has 0 unspecified atom stereocenters. The molecular weight excluding hydrogens is 263 g/mol. The summed E-state index contributed by atoms with van der Waals surface area (Å²) < 4.78 is 70.5. The summed E-state index contributed by atoms with van der Waals surface area (Å²) in [6.45, 7) is 1.16. The van der Waals surface area contributed by atoms with Crippen LogP contribution in [0, 0.1) is 6.92 Å². The van der Waals surface area contributed by atoms with Crippen LogP contribution < -0.4 is 9.92 Å². The topological polar surface area (TPSA) is 89.6 Å². The van der Waals surface area contributed by atoms with Gasteiger partial charge in [-0.05, 0) is 24.6 Å². The normalized spacial score (nSPS) is 12.5. The van der Waals surface area contributed by atoms with Crippen molar-refractivity contribution in [1.29, 1.82) is 0 Å². The molecule has 0 amide bonds. The summed E-state index contributed by atoms with van der Waals surface area (Å²) in [5.41, 5.74) is 3.67. The fourth-order valence-corrected chi connectivity index (χ4v) is 1.57. The van der Waals surface area contributed by atoms with Gasteiger partial charge in [-0.1, -0.05) is 0 Å². The molecule has 0 aliphatic carbocycles. The van der Waals surface area contributed by atoms with Crippen molar-refractivity contribution in [2.45, 2.75) is 13.1 Å². The van der Waals surface area contributed by atoms with Crippen molar-refractivity contribution in [3.05, 3.63) is 23.3 Å². The lowest BCUT2D eigenvalue weighted by molar-refractivity contribution is -0.138. The van der Waals surface area contributed by atoms with Crippen molar-refractivity contribution in [3.8, 4) is 5.75 Å². The maximum absolute atomic E-state index is 12.5. The molecule has 5 nitrogen and oxygen atoms in total. The lowest BCUT2D eigenvalue weighted by Gasteiger charge is -2.13. The number of hydrogen-bond donors (Lipinski definition) is 2. The first-order valence-corrected chi connectivity index (χ1v) is 5.51. The average molecular weight is 271 g/mol. The Morgan fingerprint density at radius 1 is 1.35 bits per heavy atom. The highest BCUT2D eigenvalue weighted by Crippen LogP contribution is 2.37. The molecule has 0 atom stereocenters. The maximum atomic E-state index is 12.5. The molecule has 1 aromatic carbocycles. The zero-order valence-electron chi connectivity index (χ0n) is 8.45. The van der Waals surface area contributed by atoms with E-state index in [0.29, 0.717) is 6.07 Å². The molecule has 0 aromatic heterocycles. The number of halogens is 3. The Bertz CT molecular complexity index is 538. The smallest absolute Gasteiger partial charge is 0.396 e. The number of anilines is 1. The Morgan fingerprint density at radius 3 is 2.29 bits per heavy atom. The van der Waals surface area contributed by atoms with E-state index in [1.807, 2.05) is 0 Å². The van der Waals surface area contributed by atoms with Gasteiger partial charge >= 0.3 is 16.6 Å². The molecule has 9 heteroatoms. The molecule has 0 aliphatic heterocycles. The van der Waals surface area contributed by atoms with Crippen LogP contribution in [0.25, 0.3) is 0 Å². The van der Waals surface area contributed by atoms with E-state index in [2.05, 4.69) is 4.18 Å². The summed E-state index contributed by atoms with van der Waals surface area (Å²) in [7, 11) is -4.92. The second-order valence-electron chi connectivity index (χ2n) is 3.21. The van der Waals surface area contributed by atoms with Gasteiger partial charge in [0, 0.05) is 0 Å². The van der Waals surface area contributed by atoms with Crippen LogP contribution in [0.2, 0.25) is 0 Å². The molecule has 96 valence electrons. The molecule has 0 heterocycles. The van der Waals surface area contributed by atoms with Crippen LogP contribution >= 0.6 is 0 Å². The fraction of sp³-hybridized carbons (Fsp3) is 0.250. The number of alkyl halides is 3. The second-order valence-corrected chi connectivity index (χ2v) is 4.24. The largest absolute Gasteiger partial charge is 0.446 e. The lowest BCUT2D eigenvalue weighted by Crippen LogP contribution is -2.12. The summed E-state index contributed by atoms with van der Waals surface area (Å²) in [6, 6.07) is 1.32. The van der Waals surface area contributed by atoms with E-state index in [-0.39, 0.29) is 11.3 Å². The van der Waals surface area contributed by atoms with E-state index in [1.165, 1.54) is 0 Å². The number of hydrogen-bond acceptors (Lipinski definition) is 4. The molecule has 1 rings (SSSR count). The predicted molar refractivity (Wildman–Crippen MR) is 52.8 cm³/mol. The van der Waals surface area contributed by atoms with E-state index in [1.54, 1.807) is 0 Å². The molecule has 0 spiro atoms. The number of nitrogens with two attached hydrogens (primary N) is 1. The summed E-state index contributed by atoms with van der Waals surface area (Å²) in [6.07, 6.45) is -4.67. The fourth-order valence-electron chi connectivity index (χ4n) is 1.20. The van der Waals surface area contributed by atoms with E-state index in [4.69, 9.17) is 10.3 Å². The molecule has 0 radical (unpaired) electrons. The first-order chi connectivity index (χ1) is 7.50. The van der Waals surface area contributed by atoms with E-state index < -0.39 is 27.9 Å². The highest BCUT2D eigenvalue weighted by atomic mass is 32.3. The Morgan fingerprint density at radius 2 is 1.88 bits per heavy atom. The minimum absolute atomic E-state index is 0.183. The quantitative estimate of drug-likeness (QED) is 0.632. The monoisotopic (exact) mass is 271 g/mol. The minimum atomic E-state index is -4.92. The van der Waals surface area contributed by atoms with Crippen LogP contribution in [-0.2, 0) is 16.6 Å². The van der Waals surface area contributed by atoms with Crippen molar-refractivity contribution in [1.82, 2.24) is 0 Å². The third-order valence-electron chi connectivity index (χ3n) is 1.86. The van der Waals surface area contributed by atoms with E-state index >= 15 is 0 Å². The van der Waals surface area contributed by atoms with Gasteiger partial charge in [0.25, 0.3) is 0 Å². The minimum Gasteiger partial charge on any atom is -0.396 e. The van der Waals surface area contributed by atoms with Gasteiger partial charge < -0.3 is 9.92 Å². The van der Waals surface area contributed by atoms with Gasteiger partial charge in [-0.25, -0.2) is 0 Å². The van der Waals surface area contributed by atoms with Gasteiger partial charge in [-0.2, -0.15) is 21.6 Å². The second kappa shape index (κ2) is 4.08. The van der Waals surface area contributed by atoms with Gasteiger partial charge in [-0.3, -0.25) is 4.55 Å².